The second kappa shape index (κ2) is 11.2. The lowest BCUT2D eigenvalue weighted by molar-refractivity contribution is 0.663. The molecule has 0 N–H and O–H groups in total. The lowest BCUT2D eigenvalue weighted by atomic mass is 9.84. The number of hydrogen-bond donors (Lipinski definition) is 0. The molecule has 0 amide bonds. The van der Waals surface area contributed by atoms with Crippen molar-refractivity contribution in [3.63, 3.8) is 0 Å². The van der Waals surface area contributed by atoms with Gasteiger partial charge in [-0.3, -0.25) is 0 Å². The minimum absolute atomic E-state index is 0.838. The van der Waals surface area contributed by atoms with E-state index in [0.717, 1.165) is 55.0 Å². The summed E-state index contributed by atoms with van der Waals surface area (Å²) in [6.07, 6.45) is 0. The SMILES string of the molecule is c1ccc2cc(-c3c4ccccc4c(-c4ccc5ccccc5c4)c4cc(-c5cc6c7ccccc7oc6c6c5oc5ccccc56)ccc34)ccc2c1. The average molecular weight is 687 g/mol. The molecule has 0 saturated heterocycles. The number of furan rings is 2. The zero-order valence-electron chi connectivity index (χ0n) is 29.1. The second-order valence-corrected chi connectivity index (χ2v) is 14.4. The van der Waals surface area contributed by atoms with Crippen molar-refractivity contribution in [3.05, 3.63) is 182 Å². The summed E-state index contributed by atoms with van der Waals surface area (Å²) < 4.78 is 13.4. The predicted octanol–water partition coefficient (Wildman–Crippen LogP) is 15.1. The third-order valence-corrected chi connectivity index (χ3v) is 11.4. The first-order valence-corrected chi connectivity index (χ1v) is 18.5. The first-order chi connectivity index (χ1) is 26.8. The Morgan fingerprint density at radius 3 is 1.43 bits per heavy atom. The first kappa shape index (κ1) is 29.4. The van der Waals surface area contributed by atoms with Crippen molar-refractivity contribution < 1.29 is 8.83 Å². The van der Waals surface area contributed by atoms with Crippen molar-refractivity contribution >= 4 is 87.0 Å². The van der Waals surface area contributed by atoms with Crippen molar-refractivity contribution in [2.24, 2.45) is 0 Å². The smallest absolute Gasteiger partial charge is 0.147 e. The fourth-order valence-electron chi connectivity index (χ4n) is 8.94. The van der Waals surface area contributed by atoms with Gasteiger partial charge in [0.05, 0.1) is 5.39 Å². The zero-order valence-corrected chi connectivity index (χ0v) is 29.1. The Hall–Kier alpha value is -7.16. The van der Waals surface area contributed by atoms with Gasteiger partial charge in [0, 0.05) is 21.7 Å². The quantitative estimate of drug-likeness (QED) is 0.173. The Morgan fingerprint density at radius 2 is 0.759 bits per heavy atom. The van der Waals surface area contributed by atoms with Crippen LogP contribution in [0.2, 0.25) is 0 Å². The number of benzene rings is 10. The molecule has 2 nitrogen and oxygen atoms in total. The lowest BCUT2D eigenvalue weighted by Gasteiger charge is -2.19. The number of fused-ring (bicyclic) bond motifs is 11. The van der Waals surface area contributed by atoms with Gasteiger partial charge >= 0.3 is 0 Å². The van der Waals surface area contributed by atoms with Crippen molar-refractivity contribution in [2.75, 3.05) is 0 Å². The Balaban J connectivity index is 1.23. The maximum atomic E-state index is 6.76. The summed E-state index contributed by atoms with van der Waals surface area (Å²) in [5, 5.41) is 14.1. The molecular formula is C52H30O2. The van der Waals surface area contributed by atoms with Crippen LogP contribution in [-0.4, -0.2) is 0 Å². The molecule has 0 fully saturated rings. The first-order valence-electron chi connectivity index (χ1n) is 18.5. The fourth-order valence-corrected chi connectivity index (χ4v) is 8.94. The minimum atomic E-state index is 0.838. The Labute approximate surface area is 310 Å². The van der Waals surface area contributed by atoms with E-state index in [4.69, 9.17) is 8.83 Å². The Morgan fingerprint density at radius 1 is 0.278 bits per heavy atom. The molecule has 2 heterocycles. The lowest BCUT2D eigenvalue weighted by Crippen LogP contribution is -1.92. The van der Waals surface area contributed by atoms with E-state index in [1.165, 1.54) is 65.3 Å². The van der Waals surface area contributed by atoms with E-state index in [-0.39, 0.29) is 0 Å². The highest BCUT2D eigenvalue weighted by molar-refractivity contribution is 6.27. The van der Waals surface area contributed by atoms with Gasteiger partial charge in [-0.1, -0.05) is 146 Å². The molecule has 54 heavy (non-hydrogen) atoms. The molecule has 2 aromatic heterocycles. The van der Waals surface area contributed by atoms with Gasteiger partial charge in [0.15, 0.2) is 0 Å². The molecule has 0 aliphatic carbocycles. The molecule has 0 aliphatic heterocycles. The van der Waals surface area contributed by atoms with E-state index in [2.05, 4.69) is 164 Å². The van der Waals surface area contributed by atoms with Crippen LogP contribution in [0.1, 0.15) is 0 Å². The van der Waals surface area contributed by atoms with E-state index in [0.29, 0.717) is 0 Å². The molecule has 0 unspecified atom stereocenters. The van der Waals surface area contributed by atoms with Gasteiger partial charge in [0.2, 0.25) is 0 Å². The van der Waals surface area contributed by atoms with Crippen LogP contribution in [0.25, 0.3) is 120 Å². The number of hydrogen-bond acceptors (Lipinski definition) is 2. The van der Waals surface area contributed by atoms with Gasteiger partial charge in [-0.05, 0) is 107 Å². The van der Waals surface area contributed by atoms with Crippen molar-refractivity contribution in [1.82, 2.24) is 0 Å². The normalized spacial score (nSPS) is 12.1. The zero-order chi connectivity index (χ0) is 35.3. The summed E-state index contributed by atoms with van der Waals surface area (Å²) >= 11 is 0. The maximum Gasteiger partial charge on any atom is 0.147 e. The Kier molecular flexibility index (Phi) is 6.09. The van der Waals surface area contributed by atoms with E-state index in [1.54, 1.807) is 0 Å². The molecule has 250 valence electrons. The van der Waals surface area contributed by atoms with Crippen molar-refractivity contribution in [3.8, 4) is 33.4 Å². The van der Waals surface area contributed by atoms with Crippen molar-refractivity contribution in [2.45, 2.75) is 0 Å². The van der Waals surface area contributed by atoms with Gasteiger partial charge in [-0.2, -0.15) is 0 Å². The molecule has 2 heteroatoms. The number of rotatable bonds is 3. The molecule has 10 aromatic carbocycles. The minimum Gasteiger partial charge on any atom is -0.455 e. The highest BCUT2D eigenvalue weighted by atomic mass is 16.3. The molecule has 12 rings (SSSR count). The highest BCUT2D eigenvalue weighted by Crippen LogP contribution is 2.48. The predicted molar refractivity (Wildman–Crippen MR) is 227 cm³/mol. The second-order valence-electron chi connectivity index (χ2n) is 14.4. The van der Waals surface area contributed by atoms with Crippen LogP contribution in [-0.2, 0) is 0 Å². The number of para-hydroxylation sites is 2. The molecule has 12 aromatic rings. The largest absolute Gasteiger partial charge is 0.455 e. The Bertz CT molecular complexity index is 3510. The summed E-state index contributed by atoms with van der Waals surface area (Å²) in [5.41, 5.74) is 10.4. The molecule has 0 spiro atoms. The topological polar surface area (TPSA) is 26.3 Å². The standard InChI is InChI=1S/C52H30O2/c1-3-13-33-27-36(23-21-31(33)11-1)48-39-16-5-6-17-40(39)49(37-24-22-32-12-2-4-14-34(32)28-37)44-29-35(25-26-41(44)48)43-30-45-38-15-7-9-19-46(38)53-52(45)50-42-18-8-10-20-47(42)54-51(43)50/h1-30H. The van der Waals surface area contributed by atoms with Crippen molar-refractivity contribution in [1.29, 1.82) is 0 Å². The molecule has 0 radical (unpaired) electrons. The van der Waals surface area contributed by atoms with Crippen LogP contribution in [0.4, 0.5) is 0 Å². The van der Waals surface area contributed by atoms with Gasteiger partial charge in [0.25, 0.3) is 0 Å². The van der Waals surface area contributed by atoms with Gasteiger partial charge in [0.1, 0.15) is 22.3 Å². The van der Waals surface area contributed by atoms with Crippen LogP contribution < -0.4 is 0 Å². The third kappa shape index (κ3) is 4.22. The molecular weight excluding hydrogens is 657 g/mol. The summed E-state index contributed by atoms with van der Waals surface area (Å²) in [6, 6.07) is 65.8. The molecule has 0 atom stereocenters. The molecule has 0 bridgehead atoms. The monoisotopic (exact) mass is 686 g/mol. The summed E-state index contributed by atoms with van der Waals surface area (Å²) in [5.74, 6) is 0. The summed E-state index contributed by atoms with van der Waals surface area (Å²) in [4.78, 5) is 0. The van der Waals surface area contributed by atoms with E-state index < -0.39 is 0 Å². The fraction of sp³-hybridized carbons (Fsp3) is 0. The third-order valence-electron chi connectivity index (χ3n) is 11.4. The molecule has 0 aliphatic rings. The average Bonchev–Trinajstić information content (AvgIpc) is 3.81. The van der Waals surface area contributed by atoms with Gasteiger partial charge in [-0.25, -0.2) is 0 Å². The van der Waals surface area contributed by atoms with Crippen LogP contribution in [0.3, 0.4) is 0 Å². The maximum absolute atomic E-state index is 6.76. The van der Waals surface area contributed by atoms with Crippen LogP contribution in [0.15, 0.2) is 191 Å². The van der Waals surface area contributed by atoms with E-state index >= 15 is 0 Å². The van der Waals surface area contributed by atoms with Crippen LogP contribution in [0, 0.1) is 0 Å². The summed E-state index contributed by atoms with van der Waals surface area (Å²) in [7, 11) is 0. The van der Waals surface area contributed by atoms with Crippen LogP contribution >= 0.6 is 0 Å². The summed E-state index contributed by atoms with van der Waals surface area (Å²) in [6.45, 7) is 0. The van der Waals surface area contributed by atoms with E-state index in [9.17, 15) is 0 Å². The van der Waals surface area contributed by atoms with E-state index in [1.807, 2.05) is 18.2 Å². The highest BCUT2D eigenvalue weighted by Gasteiger charge is 2.23. The van der Waals surface area contributed by atoms with Gasteiger partial charge < -0.3 is 8.83 Å². The van der Waals surface area contributed by atoms with Crippen LogP contribution in [0.5, 0.6) is 0 Å². The molecule has 0 saturated carbocycles. The van der Waals surface area contributed by atoms with Gasteiger partial charge in [-0.15, -0.1) is 0 Å².